The molecule has 0 heterocycles. The van der Waals surface area contributed by atoms with Crippen molar-refractivity contribution >= 4 is 25.7 Å². The van der Waals surface area contributed by atoms with Crippen molar-refractivity contribution in [2.24, 2.45) is 0 Å². The van der Waals surface area contributed by atoms with Crippen LogP contribution in [0.25, 0.3) is 0 Å². The van der Waals surface area contributed by atoms with Gasteiger partial charge in [-0.15, -0.1) is 0 Å². The van der Waals surface area contributed by atoms with Gasteiger partial charge >= 0.3 is 25.7 Å². The van der Waals surface area contributed by atoms with Gasteiger partial charge in [-0.1, -0.05) is 218 Å². The molecule has 12 heteroatoms. The zero-order chi connectivity index (χ0) is 49.9. The van der Waals surface area contributed by atoms with E-state index in [0.717, 1.165) is 77.0 Å². The molecule has 0 aliphatic heterocycles. The van der Waals surface area contributed by atoms with Crippen molar-refractivity contribution < 1.29 is 52.2 Å². The number of aliphatic hydroxyl groups is 1. The highest BCUT2D eigenvalue weighted by atomic mass is 31.2. The van der Waals surface area contributed by atoms with Gasteiger partial charge in [0.05, 0.1) is 19.8 Å². The summed E-state index contributed by atoms with van der Waals surface area (Å²) >= 11 is 0. The van der Waals surface area contributed by atoms with E-state index in [0.29, 0.717) is 19.3 Å². The Morgan fingerprint density at radius 1 is 0.397 bits per heavy atom. The summed E-state index contributed by atoms with van der Waals surface area (Å²) in [4.78, 5) is 48.4. The zero-order valence-corrected chi connectivity index (χ0v) is 45.0. The van der Waals surface area contributed by atoms with Crippen LogP contribution in [-0.4, -0.2) is 66.5 Å². The van der Waals surface area contributed by atoms with Crippen LogP contribution in [0.5, 0.6) is 0 Å². The fourth-order valence-electron chi connectivity index (χ4n) is 7.98. The van der Waals surface area contributed by atoms with Crippen LogP contribution in [-0.2, 0) is 42.2 Å². The summed E-state index contributed by atoms with van der Waals surface area (Å²) in [5.74, 6) is -1.46. The average Bonchev–Trinajstić information content (AvgIpc) is 3.32. The number of phosphoric ester groups is 1. The number of carbonyl (C=O) groups excluding carboxylic acids is 3. The van der Waals surface area contributed by atoms with Crippen LogP contribution in [0.3, 0.4) is 0 Å². The first kappa shape index (κ1) is 66.0. The minimum absolute atomic E-state index is 0.168. The smallest absolute Gasteiger partial charge is 0.462 e. The van der Waals surface area contributed by atoms with Crippen LogP contribution in [0.4, 0.5) is 0 Å². The average molecular weight is 985 g/mol. The Morgan fingerprint density at radius 3 is 1.06 bits per heavy atom. The van der Waals surface area contributed by atoms with E-state index in [1.54, 1.807) is 0 Å². The number of hydrogen-bond acceptors (Lipinski definition) is 10. The second-order valence-electron chi connectivity index (χ2n) is 19.1. The van der Waals surface area contributed by atoms with Gasteiger partial charge in [-0.25, -0.2) is 4.57 Å². The topological polar surface area (TPSA) is 155 Å². The third-order valence-corrected chi connectivity index (χ3v) is 13.3. The number of hydrogen-bond donors (Lipinski definition) is 2. The summed E-state index contributed by atoms with van der Waals surface area (Å²) in [6.07, 6.45) is 50.0. The molecule has 0 aliphatic carbocycles. The number of carbonyl (C=O) groups is 3. The Hall–Kier alpha value is -2.04. The van der Waals surface area contributed by atoms with Crippen molar-refractivity contribution in [1.82, 2.24) is 0 Å². The first-order valence-corrected chi connectivity index (χ1v) is 29.7. The SMILES string of the molecule is CCCC/C=C\CCCCCCCC(=O)OCC(COP(=O)(O)OCC(CO)OC(=O)CCCCCCCCCCCCC)OC(=O)CCCCCCCCCCC/C=C\CCCCCCCC. The predicted octanol–water partition coefficient (Wildman–Crippen LogP) is 16.3. The molecule has 68 heavy (non-hydrogen) atoms. The number of phosphoric acid groups is 1. The summed E-state index contributed by atoms with van der Waals surface area (Å²) in [5.41, 5.74) is 0. The standard InChI is InChI=1S/C56H105O11P/c1-4-7-10-13-16-19-22-23-24-25-26-27-28-29-32-35-38-41-44-47-56(60)67-53(49-63-54(58)45-42-39-36-33-30-20-17-14-11-8-5-2)51-65-68(61,62)64-50-52(48-57)66-55(59)46-43-40-37-34-31-21-18-15-12-9-6-3/h14,17,23-24,52-53,57H,4-13,15-16,18-22,25-51H2,1-3H3,(H,61,62)/b17-14-,24-23-. The van der Waals surface area contributed by atoms with Crippen LogP contribution in [0.1, 0.15) is 278 Å². The van der Waals surface area contributed by atoms with Crippen molar-refractivity contribution in [2.45, 2.75) is 290 Å². The molecule has 0 radical (unpaired) electrons. The maximum absolute atomic E-state index is 12.9. The second-order valence-corrected chi connectivity index (χ2v) is 20.6. The molecule has 0 aromatic rings. The van der Waals surface area contributed by atoms with Gasteiger partial charge in [0.2, 0.25) is 0 Å². The molecule has 0 aromatic heterocycles. The van der Waals surface area contributed by atoms with E-state index in [1.165, 1.54) is 141 Å². The molecule has 0 rings (SSSR count). The molecule has 2 N–H and O–H groups in total. The van der Waals surface area contributed by atoms with E-state index in [-0.39, 0.29) is 25.9 Å². The van der Waals surface area contributed by atoms with Crippen LogP contribution < -0.4 is 0 Å². The Labute approximate surface area is 417 Å². The molecule has 400 valence electrons. The molecule has 3 unspecified atom stereocenters. The summed E-state index contributed by atoms with van der Waals surface area (Å²) in [5, 5.41) is 9.77. The highest BCUT2D eigenvalue weighted by Crippen LogP contribution is 2.43. The summed E-state index contributed by atoms with van der Waals surface area (Å²) in [6, 6.07) is 0. The van der Waals surface area contributed by atoms with Crippen molar-refractivity contribution in [3.05, 3.63) is 24.3 Å². The largest absolute Gasteiger partial charge is 0.472 e. The fraction of sp³-hybridized carbons (Fsp3) is 0.875. The van der Waals surface area contributed by atoms with Crippen molar-refractivity contribution in [2.75, 3.05) is 26.4 Å². The molecular formula is C56H105O11P. The molecule has 0 spiro atoms. The number of ether oxygens (including phenoxy) is 3. The van der Waals surface area contributed by atoms with Crippen LogP contribution >= 0.6 is 7.82 Å². The molecule has 0 aliphatic rings. The lowest BCUT2D eigenvalue weighted by Gasteiger charge is -2.21. The lowest BCUT2D eigenvalue weighted by atomic mass is 10.1. The molecular weight excluding hydrogens is 880 g/mol. The van der Waals surface area contributed by atoms with Crippen LogP contribution in [0, 0.1) is 0 Å². The molecule has 0 saturated heterocycles. The van der Waals surface area contributed by atoms with E-state index in [1.807, 2.05) is 0 Å². The molecule has 0 fully saturated rings. The first-order chi connectivity index (χ1) is 33.2. The fourth-order valence-corrected chi connectivity index (χ4v) is 8.76. The van der Waals surface area contributed by atoms with E-state index >= 15 is 0 Å². The third kappa shape index (κ3) is 49.0. The Kier molecular flexibility index (Phi) is 49.8. The van der Waals surface area contributed by atoms with Gasteiger partial charge in [0.25, 0.3) is 0 Å². The third-order valence-electron chi connectivity index (χ3n) is 12.3. The minimum Gasteiger partial charge on any atom is -0.462 e. The van der Waals surface area contributed by atoms with E-state index in [9.17, 15) is 28.9 Å². The lowest BCUT2D eigenvalue weighted by molar-refractivity contribution is -0.161. The Morgan fingerprint density at radius 2 is 0.691 bits per heavy atom. The summed E-state index contributed by atoms with van der Waals surface area (Å²) in [6.45, 7) is 4.61. The van der Waals surface area contributed by atoms with Gasteiger partial charge < -0.3 is 24.2 Å². The minimum atomic E-state index is -4.74. The Bertz CT molecular complexity index is 1240. The summed E-state index contributed by atoms with van der Waals surface area (Å²) in [7, 11) is -4.74. The van der Waals surface area contributed by atoms with E-state index in [4.69, 9.17) is 23.3 Å². The number of aliphatic hydroxyl groups excluding tert-OH is 1. The van der Waals surface area contributed by atoms with E-state index < -0.39 is 57.8 Å². The van der Waals surface area contributed by atoms with Gasteiger partial charge in [0.15, 0.2) is 6.10 Å². The van der Waals surface area contributed by atoms with Crippen LogP contribution in [0.15, 0.2) is 24.3 Å². The normalized spacial score (nSPS) is 13.5. The maximum atomic E-state index is 12.9. The molecule has 11 nitrogen and oxygen atoms in total. The van der Waals surface area contributed by atoms with Gasteiger partial charge in [-0.2, -0.15) is 0 Å². The van der Waals surface area contributed by atoms with Gasteiger partial charge in [-0.05, 0) is 64.2 Å². The highest BCUT2D eigenvalue weighted by Gasteiger charge is 2.28. The highest BCUT2D eigenvalue weighted by molar-refractivity contribution is 7.47. The maximum Gasteiger partial charge on any atom is 0.472 e. The van der Waals surface area contributed by atoms with Crippen molar-refractivity contribution in [3.8, 4) is 0 Å². The van der Waals surface area contributed by atoms with E-state index in [2.05, 4.69) is 45.1 Å². The zero-order valence-electron chi connectivity index (χ0n) is 44.1. The number of allylic oxidation sites excluding steroid dienone is 4. The molecule has 0 aromatic carbocycles. The first-order valence-electron chi connectivity index (χ1n) is 28.2. The molecule has 0 saturated carbocycles. The quantitative estimate of drug-likeness (QED) is 0.0197. The lowest BCUT2D eigenvalue weighted by Crippen LogP contribution is -2.30. The monoisotopic (exact) mass is 985 g/mol. The van der Waals surface area contributed by atoms with Gasteiger partial charge in [0.1, 0.15) is 12.7 Å². The number of esters is 3. The molecule has 0 amide bonds. The van der Waals surface area contributed by atoms with Gasteiger partial charge in [-0.3, -0.25) is 23.4 Å². The predicted molar refractivity (Wildman–Crippen MR) is 280 cm³/mol. The molecule has 3 atom stereocenters. The van der Waals surface area contributed by atoms with Crippen LogP contribution in [0.2, 0.25) is 0 Å². The van der Waals surface area contributed by atoms with Crippen molar-refractivity contribution in [3.63, 3.8) is 0 Å². The number of unbranched alkanes of at least 4 members (excludes halogenated alkanes) is 32. The second kappa shape index (κ2) is 51.3. The number of rotatable bonds is 53. The van der Waals surface area contributed by atoms with Gasteiger partial charge in [0, 0.05) is 19.3 Å². The van der Waals surface area contributed by atoms with Crippen molar-refractivity contribution in [1.29, 1.82) is 0 Å². The molecule has 0 bridgehead atoms. The Balaban J connectivity index is 4.66. The summed E-state index contributed by atoms with van der Waals surface area (Å²) < 4.78 is 39.4.